The highest BCUT2D eigenvalue weighted by Gasteiger charge is 2.24. The van der Waals surface area contributed by atoms with Crippen molar-refractivity contribution in [3.63, 3.8) is 0 Å². The third-order valence-electron chi connectivity index (χ3n) is 2.84. The van der Waals surface area contributed by atoms with Crippen LogP contribution in [0.3, 0.4) is 0 Å². The fourth-order valence-electron chi connectivity index (χ4n) is 1.88. The molecule has 0 saturated heterocycles. The van der Waals surface area contributed by atoms with E-state index in [9.17, 15) is 0 Å². The molecular formula is C12H22N6O. The van der Waals surface area contributed by atoms with E-state index < -0.39 is 0 Å². The molecule has 1 aliphatic carbocycles. The minimum absolute atomic E-state index is 0.00441. The monoisotopic (exact) mass is 266 g/mol. The Balaban J connectivity index is 2.04. The van der Waals surface area contributed by atoms with Crippen LogP contribution >= 0.6 is 0 Å². The topological polar surface area (TPSA) is 98.0 Å². The van der Waals surface area contributed by atoms with Crippen LogP contribution in [-0.4, -0.2) is 27.1 Å². The lowest BCUT2D eigenvalue weighted by atomic mass is 10.2. The van der Waals surface area contributed by atoms with Crippen molar-refractivity contribution in [2.24, 2.45) is 11.8 Å². The lowest BCUT2D eigenvalue weighted by molar-refractivity contribution is 0.222. The molecule has 4 N–H and O–H groups in total. The summed E-state index contributed by atoms with van der Waals surface area (Å²) in [5, 5.41) is 3.26. The molecule has 0 radical (unpaired) electrons. The summed E-state index contributed by atoms with van der Waals surface area (Å²) in [6, 6.07) is 0.603. The van der Waals surface area contributed by atoms with E-state index in [1.54, 1.807) is 0 Å². The molecule has 0 aromatic carbocycles. The zero-order valence-corrected chi connectivity index (χ0v) is 11.7. The van der Waals surface area contributed by atoms with Crippen LogP contribution in [0.25, 0.3) is 0 Å². The number of nitrogens with two attached hydrogens (primary N) is 1. The van der Waals surface area contributed by atoms with Gasteiger partial charge in [0.05, 0.1) is 6.10 Å². The van der Waals surface area contributed by atoms with Gasteiger partial charge in [-0.1, -0.05) is 12.8 Å². The maximum absolute atomic E-state index is 5.47. The van der Waals surface area contributed by atoms with Crippen LogP contribution in [-0.2, 0) is 0 Å². The molecule has 0 amide bonds. The maximum Gasteiger partial charge on any atom is 0.323 e. The smallest absolute Gasteiger partial charge is 0.323 e. The Labute approximate surface area is 113 Å². The molecule has 1 unspecified atom stereocenters. The van der Waals surface area contributed by atoms with Gasteiger partial charge in [0, 0.05) is 6.04 Å². The first-order chi connectivity index (χ1) is 9.06. The summed E-state index contributed by atoms with van der Waals surface area (Å²) in [5.74, 6) is 6.99. The van der Waals surface area contributed by atoms with Gasteiger partial charge in [-0.3, -0.25) is 5.43 Å². The quantitative estimate of drug-likeness (QED) is 0.508. The fraction of sp³-hybridized carbons (Fsp3) is 0.750. The van der Waals surface area contributed by atoms with Crippen LogP contribution in [0.1, 0.15) is 40.0 Å². The van der Waals surface area contributed by atoms with Crippen molar-refractivity contribution in [2.45, 2.75) is 52.2 Å². The molecule has 1 aromatic heterocycles. The van der Waals surface area contributed by atoms with Gasteiger partial charge in [-0.05, 0) is 33.1 Å². The van der Waals surface area contributed by atoms with E-state index in [-0.39, 0.29) is 12.1 Å². The molecule has 7 heteroatoms. The second kappa shape index (κ2) is 6.01. The zero-order valence-electron chi connectivity index (χ0n) is 11.7. The number of aromatic nitrogens is 3. The van der Waals surface area contributed by atoms with E-state index in [1.807, 2.05) is 13.8 Å². The third kappa shape index (κ3) is 4.51. The van der Waals surface area contributed by atoms with Gasteiger partial charge in [-0.25, -0.2) is 5.84 Å². The van der Waals surface area contributed by atoms with Gasteiger partial charge in [0.1, 0.15) is 0 Å². The lowest BCUT2D eigenvalue weighted by Gasteiger charge is -2.15. The van der Waals surface area contributed by atoms with Gasteiger partial charge in [0.15, 0.2) is 0 Å². The second-order valence-corrected chi connectivity index (χ2v) is 5.30. The first kappa shape index (κ1) is 13.8. The van der Waals surface area contributed by atoms with Crippen LogP contribution in [0.2, 0.25) is 0 Å². The summed E-state index contributed by atoms with van der Waals surface area (Å²) in [6.07, 6.45) is 3.81. The molecular weight excluding hydrogens is 244 g/mol. The standard InChI is InChI=1S/C12H22N6O/c1-7(2)19-12-16-10(15-11(17-12)18-13)14-8(3)6-9-4-5-9/h7-9H,4-6,13H2,1-3H3,(H2,14,15,16,17,18). The van der Waals surface area contributed by atoms with Gasteiger partial charge in [0.2, 0.25) is 11.9 Å². The van der Waals surface area contributed by atoms with Crippen molar-refractivity contribution in [1.82, 2.24) is 15.0 Å². The number of nitrogen functional groups attached to an aromatic ring is 1. The molecule has 1 heterocycles. The van der Waals surface area contributed by atoms with Crippen molar-refractivity contribution in [3.8, 4) is 6.01 Å². The molecule has 0 spiro atoms. The van der Waals surface area contributed by atoms with Gasteiger partial charge < -0.3 is 10.1 Å². The summed E-state index contributed by atoms with van der Waals surface area (Å²) in [7, 11) is 0. The minimum Gasteiger partial charge on any atom is -0.461 e. The second-order valence-electron chi connectivity index (χ2n) is 5.30. The Morgan fingerprint density at radius 1 is 1.21 bits per heavy atom. The van der Waals surface area contributed by atoms with Crippen LogP contribution in [0.5, 0.6) is 6.01 Å². The fourth-order valence-corrected chi connectivity index (χ4v) is 1.88. The van der Waals surface area contributed by atoms with E-state index in [0.29, 0.717) is 17.9 Å². The van der Waals surface area contributed by atoms with Gasteiger partial charge in [-0.2, -0.15) is 15.0 Å². The maximum atomic E-state index is 5.47. The van der Waals surface area contributed by atoms with Gasteiger partial charge >= 0.3 is 6.01 Å². The van der Waals surface area contributed by atoms with E-state index in [4.69, 9.17) is 10.6 Å². The van der Waals surface area contributed by atoms with E-state index in [1.165, 1.54) is 12.8 Å². The molecule has 1 atom stereocenters. The SMILES string of the molecule is CC(CC1CC1)Nc1nc(NN)nc(OC(C)C)n1. The van der Waals surface area contributed by atoms with E-state index in [2.05, 4.69) is 32.6 Å². The third-order valence-corrected chi connectivity index (χ3v) is 2.84. The number of rotatable bonds is 7. The normalized spacial score (nSPS) is 16.3. The number of hydrazine groups is 1. The van der Waals surface area contributed by atoms with Crippen LogP contribution < -0.4 is 21.3 Å². The molecule has 1 fully saturated rings. The molecule has 19 heavy (non-hydrogen) atoms. The minimum atomic E-state index is 0.00441. The van der Waals surface area contributed by atoms with Crippen molar-refractivity contribution < 1.29 is 4.74 Å². The highest BCUT2D eigenvalue weighted by molar-refractivity contribution is 5.35. The predicted octanol–water partition coefficient (Wildman–Crippen LogP) is 1.54. The number of nitrogens with one attached hydrogen (secondary N) is 2. The molecule has 0 aliphatic heterocycles. The Bertz CT molecular complexity index is 421. The van der Waals surface area contributed by atoms with Crippen LogP contribution in [0.4, 0.5) is 11.9 Å². The first-order valence-corrected chi connectivity index (χ1v) is 6.72. The molecule has 1 aromatic rings. The van der Waals surface area contributed by atoms with Gasteiger partial charge in [0.25, 0.3) is 0 Å². The molecule has 0 bridgehead atoms. The number of ether oxygens (including phenoxy) is 1. The van der Waals surface area contributed by atoms with Crippen LogP contribution in [0.15, 0.2) is 0 Å². The Hall–Kier alpha value is -1.63. The molecule has 2 rings (SSSR count). The highest BCUT2D eigenvalue weighted by atomic mass is 16.5. The highest BCUT2D eigenvalue weighted by Crippen LogP contribution is 2.33. The number of anilines is 2. The number of hydrogen-bond acceptors (Lipinski definition) is 7. The van der Waals surface area contributed by atoms with Crippen molar-refractivity contribution >= 4 is 11.9 Å². The number of nitrogens with zero attached hydrogens (tertiary/aromatic N) is 3. The van der Waals surface area contributed by atoms with E-state index >= 15 is 0 Å². The average molecular weight is 266 g/mol. The molecule has 1 saturated carbocycles. The molecule has 106 valence electrons. The summed E-state index contributed by atoms with van der Waals surface area (Å²) < 4.78 is 5.47. The summed E-state index contributed by atoms with van der Waals surface area (Å²) in [4.78, 5) is 12.5. The van der Waals surface area contributed by atoms with Gasteiger partial charge in [-0.15, -0.1) is 0 Å². The summed E-state index contributed by atoms with van der Waals surface area (Å²) in [6.45, 7) is 5.96. The Morgan fingerprint density at radius 3 is 2.47 bits per heavy atom. The van der Waals surface area contributed by atoms with E-state index in [0.717, 1.165) is 12.3 Å². The zero-order chi connectivity index (χ0) is 13.8. The molecule has 1 aliphatic rings. The Kier molecular flexibility index (Phi) is 4.36. The van der Waals surface area contributed by atoms with Crippen molar-refractivity contribution in [3.05, 3.63) is 0 Å². The van der Waals surface area contributed by atoms with Crippen molar-refractivity contribution in [1.29, 1.82) is 0 Å². The molecule has 7 nitrogen and oxygen atoms in total. The lowest BCUT2D eigenvalue weighted by Crippen LogP contribution is -2.20. The predicted molar refractivity (Wildman–Crippen MR) is 73.8 cm³/mol. The van der Waals surface area contributed by atoms with Crippen molar-refractivity contribution in [2.75, 3.05) is 10.7 Å². The van der Waals surface area contributed by atoms with Crippen LogP contribution in [0, 0.1) is 5.92 Å². The number of hydrogen-bond donors (Lipinski definition) is 3. The average Bonchev–Trinajstić information content (AvgIpc) is 3.11. The summed E-state index contributed by atoms with van der Waals surface area (Å²) >= 11 is 0. The largest absolute Gasteiger partial charge is 0.461 e. The Morgan fingerprint density at radius 2 is 1.89 bits per heavy atom. The summed E-state index contributed by atoms with van der Waals surface area (Å²) in [5.41, 5.74) is 2.43. The first-order valence-electron chi connectivity index (χ1n) is 6.72.